The highest BCUT2D eigenvalue weighted by atomic mass is 79.9. The zero-order valence-electron chi connectivity index (χ0n) is 10.6. The second kappa shape index (κ2) is 5.02. The average molecular weight is 308 g/mol. The summed E-state index contributed by atoms with van der Waals surface area (Å²) < 4.78 is 2.08. The van der Waals surface area contributed by atoms with Crippen LogP contribution in [0, 0.1) is 5.92 Å². The molecule has 0 aliphatic heterocycles. The Morgan fingerprint density at radius 1 is 1.44 bits per heavy atom. The van der Waals surface area contributed by atoms with Crippen molar-refractivity contribution in [3.05, 3.63) is 36.3 Å². The van der Waals surface area contributed by atoms with E-state index in [2.05, 4.69) is 43.5 Å². The summed E-state index contributed by atoms with van der Waals surface area (Å²) in [6, 6.07) is 6.11. The third kappa shape index (κ3) is 2.59. The Bertz CT molecular complexity index is 498. The molecule has 2 aromatic heterocycles. The molecule has 2 heterocycles. The number of alkyl halides is 1. The topological polar surface area (TPSA) is 20.5 Å². The predicted octanol–water partition coefficient (Wildman–Crippen LogP) is 2.94. The average Bonchev–Trinajstić information content (AvgIpc) is 2.68. The third-order valence-corrected chi connectivity index (χ3v) is 4.34. The monoisotopic (exact) mass is 307 g/mol. The zero-order valence-corrected chi connectivity index (χ0v) is 12.2. The van der Waals surface area contributed by atoms with E-state index in [1.807, 2.05) is 24.4 Å². The highest BCUT2D eigenvalue weighted by Gasteiger charge is 2.27. The molecular weight excluding hydrogens is 290 g/mol. The van der Waals surface area contributed by atoms with Gasteiger partial charge in [0, 0.05) is 30.3 Å². The molecule has 0 N–H and O–H groups in total. The smallest absolute Gasteiger partial charge is 0.137 e. The van der Waals surface area contributed by atoms with Gasteiger partial charge in [-0.25, -0.2) is 4.98 Å². The minimum atomic E-state index is 0.756. The highest BCUT2D eigenvalue weighted by molar-refractivity contribution is 9.09. The number of halogens is 1. The Morgan fingerprint density at radius 2 is 2.28 bits per heavy atom. The molecule has 18 heavy (non-hydrogen) atoms. The first-order valence-electron chi connectivity index (χ1n) is 6.46. The molecule has 0 amide bonds. The molecule has 3 nitrogen and oxygen atoms in total. The summed E-state index contributed by atoms with van der Waals surface area (Å²) >= 11 is 3.65. The number of pyridine rings is 1. The van der Waals surface area contributed by atoms with Gasteiger partial charge in [0.1, 0.15) is 5.65 Å². The maximum Gasteiger partial charge on any atom is 0.137 e. The molecule has 1 aliphatic carbocycles. The Hall–Kier alpha value is -0.870. The summed E-state index contributed by atoms with van der Waals surface area (Å²) in [4.78, 5) is 7.77. The lowest BCUT2D eigenvalue weighted by atomic mass is 9.85. The van der Waals surface area contributed by atoms with Gasteiger partial charge in [-0.05, 0) is 37.9 Å². The molecule has 0 unspecified atom stereocenters. The van der Waals surface area contributed by atoms with Gasteiger partial charge in [0.25, 0.3) is 0 Å². The van der Waals surface area contributed by atoms with Crippen LogP contribution < -0.4 is 0 Å². The Balaban J connectivity index is 1.61. The lowest BCUT2D eigenvalue weighted by Gasteiger charge is -2.34. The van der Waals surface area contributed by atoms with Crippen LogP contribution in [0.5, 0.6) is 0 Å². The molecule has 0 spiro atoms. The fourth-order valence-corrected chi connectivity index (χ4v) is 3.71. The molecule has 0 saturated heterocycles. The standard InChI is InChI=1S/C14H18BrN3/c1-17(8-11-6-12(15)7-11)9-13-10-18-5-3-2-4-14(18)16-13/h2-5,10-12H,6-9H2,1H3. The number of fused-ring (bicyclic) bond motifs is 1. The van der Waals surface area contributed by atoms with E-state index in [1.165, 1.54) is 19.4 Å². The van der Waals surface area contributed by atoms with Crippen LogP contribution in [-0.4, -0.2) is 32.7 Å². The van der Waals surface area contributed by atoms with E-state index in [9.17, 15) is 0 Å². The van der Waals surface area contributed by atoms with Crippen molar-refractivity contribution in [2.24, 2.45) is 5.92 Å². The van der Waals surface area contributed by atoms with Crippen molar-refractivity contribution in [1.29, 1.82) is 0 Å². The van der Waals surface area contributed by atoms with Crippen molar-refractivity contribution >= 4 is 21.6 Å². The number of nitrogens with zero attached hydrogens (tertiary/aromatic N) is 3. The second-order valence-electron chi connectivity index (χ2n) is 5.33. The van der Waals surface area contributed by atoms with Crippen molar-refractivity contribution in [3.8, 4) is 0 Å². The Kier molecular flexibility index (Phi) is 3.39. The van der Waals surface area contributed by atoms with E-state index in [0.29, 0.717) is 0 Å². The summed E-state index contributed by atoms with van der Waals surface area (Å²) in [5.74, 6) is 0.858. The first kappa shape index (κ1) is 12.2. The second-order valence-corrected chi connectivity index (χ2v) is 6.62. The molecule has 0 bridgehead atoms. The van der Waals surface area contributed by atoms with Gasteiger partial charge in [0.05, 0.1) is 5.69 Å². The van der Waals surface area contributed by atoms with Crippen LogP contribution in [0.2, 0.25) is 0 Å². The van der Waals surface area contributed by atoms with Crippen molar-refractivity contribution in [2.75, 3.05) is 13.6 Å². The maximum absolute atomic E-state index is 4.63. The molecule has 96 valence electrons. The third-order valence-electron chi connectivity index (χ3n) is 3.59. The van der Waals surface area contributed by atoms with Crippen LogP contribution in [0.15, 0.2) is 30.6 Å². The van der Waals surface area contributed by atoms with Gasteiger partial charge >= 0.3 is 0 Å². The van der Waals surface area contributed by atoms with E-state index in [1.54, 1.807) is 0 Å². The molecule has 4 heteroatoms. The molecule has 1 fully saturated rings. The zero-order chi connectivity index (χ0) is 12.5. The van der Waals surface area contributed by atoms with Crippen LogP contribution >= 0.6 is 15.9 Å². The van der Waals surface area contributed by atoms with Crippen molar-refractivity contribution < 1.29 is 0 Å². The normalized spacial score (nSPS) is 23.5. The van der Waals surface area contributed by atoms with Gasteiger partial charge in [-0.3, -0.25) is 0 Å². The molecule has 2 aromatic rings. The fraction of sp³-hybridized carbons (Fsp3) is 0.500. The van der Waals surface area contributed by atoms with Gasteiger partial charge < -0.3 is 9.30 Å². The van der Waals surface area contributed by atoms with Crippen molar-refractivity contribution in [2.45, 2.75) is 24.2 Å². The minimum Gasteiger partial charge on any atom is -0.307 e. The quantitative estimate of drug-likeness (QED) is 0.810. The van der Waals surface area contributed by atoms with Gasteiger partial charge in [0.2, 0.25) is 0 Å². The Labute approximate surface area is 116 Å². The molecule has 3 rings (SSSR count). The largest absolute Gasteiger partial charge is 0.307 e. The lowest BCUT2D eigenvalue weighted by Crippen LogP contribution is -2.34. The number of hydrogen-bond donors (Lipinski definition) is 0. The van der Waals surface area contributed by atoms with Gasteiger partial charge in [-0.15, -0.1) is 0 Å². The van der Waals surface area contributed by atoms with Gasteiger partial charge in [-0.2, -0.15) is 0 Å². The minimum absolute atomic E-state index is 0.756. The van der Waals surface area contributed by atoms with Crippen LogP contribution in [0.25, 0.3) is 5.65 Å². The SMILES string of the molecule is CN(Cc1cn2ccccc2n1)CC1CC(Br)C1. The molecule has 0 radical (unpaired) electrons. The molecular formula is C14H18BrN3. The van der Waals surface area contributed by atoms with Crippen molar-refractivity contribution in [3.63, 3.8) is 0 Å². The van der Waals surface area contributed by atoms with E-state index in [4.69, 9.17) is 0 Å². The lowest BCUT2D eigenvalue weighted by molar-refractivity contribution is 0.207. The molecule has 0 atom stereocenters. The summed E-state index contributed by atoms with van der Waals surface area (Å²) in [5.41, 5.74) is 2.18. The summed E-state index contributed by atoms with van der Waals surface area (Å²) in [7, 11) is 2.19. The summed E-state index contributed by atoms with van der Waals surface area (Å²) in [6.07, 6.45) is 6.80. The number of rotatable bonds is 4. The van der Waals surface area contributed by atoms with Crippen LogP contribution in [0.4, 0.5) is 0 Å². The maximum atomic E-state index is 4.63. The highest BCUT2D eigenvalue weighted by Crippen LogP contribution is 2.33. The van der Waals surface area contributed by atoms with E-state index >= 15 is 0 Å². The van der Waals surface area contributed by atoms with E-state index in [-0.39, 0.29) is 0 Å². The summed E-state index contributed by atoms with van der Waals surface area (Å²) in [5, 5.41) is 0. The number of imidazole rings is 1. The number of aromatic nitrogens is 2. The van der Waals surface area contributed by atoms with Gasteiger partial charge in [0.15, 0.2) is 0 Å². The predicted molar refractivity (Wildman–Crippen MR) is 77.0 cm³/mol. The van der Waals surface area contributed by atoms with Crippen LogP contribution in [0.1, 0.15) is 18.5 Å². The fourth-order valence-electron chi connectivity index (χ4n) is 2.65. The van der Waals surface area contributed by atoms with Crippen molar-refractivity contribution in [1.82, 2.24) is 14.3 Å². The number of hydrogen-bond acceptors (Lipinski definition) is 2. The van der Waals surface area contributed by atoms with E-state index in [0.717, 1.165) is 28.6 Å². The van der Waals surface area contributed by atoms with Crippen LogP contribution in [-0.2, 0) is 6.54 Å². The van der Waals surface area contributed by atoms with E-state index < -0.39 is 0 Å². The summed E-state index contributed by atoms with van der Waals surface area (Å²) in [6.45, 7) is 2.11. The Morgan fingerprint density at radius 3 is 3.00 bits per heavy atom. The first-order chi connectivity index (χ1) is 8.70. The first-order valence-corrected chi connectivity index (χ1v) is 7.37. The van der Waals surface area contributed by atoms with Gasteiger partial charge in [-0.1, -0.05) is 22.0 Å². The molecule has 1 aliphatic rings. The van der Waals surface area contributed by atoms with Crippen LogP contribution in [0.3, 0.4) is 0 Å². The molecule has 1 saturated carbocycles. The molecule has 0 aromatic carbocycles.